The van der Waals surface area contributed by atoms with Crippen molar-refractivity contribution in [2.24, 2.45) is 0 Å². The molecule has 6 heteroatoms. The van der Waals surface area contributed by atoms with Crippen LogP contribution in [0.5, 0.6) is 5.75 Å². The molecule has 0 saturated heterocycles. The van der Waals surface area contributed by atoms with Gasteiger partial charge in [0.05, 0.1) is 0 Å². The van der Waals surface area contributed by atoms with Crippen molar-refractivity contribution in [2.45, 2.75) is 26.0 Å². The van der Waals surface area contributed by atoms with Crippen molar-refractivity contribution in [1.82, 2.24) is 5.32 Å². The minimum Gasteiger partial charge on any atom is -0.479 e. The van der Waals surface area contributed by atoms with Crippen LogP contribution in [0.1, 0.15) is 18.9 Å². The van der Waals surface area contributed by atoms with Crippen LogP contribution in [0.2, 0.25) is 0 Å². The SMILES string of the molecule is CC[C@@H](Oc1ccccc1)C(=O)OCC(=O)NCc1ccc(N(C)C)cc1. The fraction of sp³-hybridized carbons (Fsp3) is 0.333. The lowest BCUT2D eigenvalue weighted by Gasteiger charge is -2.16. The lowest BCUT2D eigenvalue weighted by Crippen LogP contribution is -2.33. The van der Waals surface area contributed by atoms with Gasteiger partial charge in [0.25, 0.3) is 5.91 Å². The van der Waals surface area contributed by atoms with E-state index in [9.17, 15) is 9.59 Å². The molecule has 2 aromatic rings. The molecule has 2 rings (SSSR count). The molecular weight excluding hydrogens is 344 g/mol. The van der Waals surface area contributed by atoms with Crippen LogP contribution < -0.4 is 15.0 Å². The second-order valence-electron chi connectivity index (χ2n) is 6.27. The van der Waals surface area contributed by atoms with Crippen molar-refractivity contribution in [2.75, 3.05) is 25.6 Å². The molecule has 0 aliphatic heterocycles. The summed E-state index contributed by atoms with van der Waals surface area (Å²) in [4.78, 5) is 26.1. The van der Waals surface area contributed by atoms with E-state index in [1.165, 1.54) is 0 Å². The molecular formula is C21H26N2O4. The van der Waals surface area contributed by atoms with Crippen molar-refractivity contribution >= 4 is 17.6 Å². The summed E-state index contributed by atoms with van der Waals surface area (Å²) in [5.74, 6) is -0.312. The first kappa shape index (κ1) is 20.3. The second-order valence-corrected chi connectivity index (χ2v) is 6.27. The predicted molar refractivity (Wildman–Crippen MR) is 105 cm³/mol. The van der Waals surface area contributed by atoms with E-state index < -0.39 is 12.1 Å². The van der Waals surface area contributed by atoms with Crippen LogP contribution in [0.15, 0.2) is 54.6 Å². The van der Waals surface area contributed by atoms with Gasteiger partial charge < -0.3 is 19.7 Å². The lowest BCUT2D eigenvalue weighted by molar-refractivity contribution is -0.155. The van der Waals surface area contributed by atoms with Gasteiger partial charge in [-0.25, -0.2) is 4.79 Å². The Morgan fingerprint density at radius 1 is 1.04 bits per heavy atom. The highest BCUT2D eigenvalue weighted by Gasteiger charge is 2.21. The van der Waals surface area contributed by atoms with Gasteiger partial charge >= 0.3 is 5.97 Å². The topological polar surface area (TPSA) is 67.9 Å². The number of nitrogens with one attached hydrogen (secondary N) is 1. The molecule has 2 aromatic carbocycles. The number of hydrogen-bond donors (Lipinski definition) is 1. The number of para-hydroxylation sites is 1. The lowest BCUT2D eigenvalue weighted by atomic mass is 10.2. The second kappa shape index (κ2) is 10.2. The molecule has 144 valence electrons. The van der Waals surface area contributed by atoms with Crippen LogP contribution in [0.3, 0.4) is 0 Å². The molecule has 0 aliphatic carbocycles. The third-order valence-electron chi connectivity index (χ3n) is 3.94. The maximum atomic E-state index is 12.1. The largest absolute Gasteiger partial charge is 0.479 e. The number of benzene rings is 2. The highest BCUT2D eigenvalue weighted by molar-refractivity contribution is 5.82. The Balaban J connectivity index is 1.75. The summed E-state index contributed by atoms with van der Waals surface area (Å²) in [5, 5.41) is 2.74. The predicted octanol–water partition coefficient (Wildman–Crippen LogP) is 2.77. The summed E-state index contributed by atoms with van der Waals surface area (Å²) in [5.41, 5.74) is 2.06. The highest BCUT2D eigenvalue weighted by Crippen LogP contribution is 2.14. The molecule has 0 bridgehead atoms. The number of carbonyl (C=O) groups is 2. The molecule has 0 aromatic heterocycles. The Morgan fingerprint density at radius 3 is 2.30 bits per heavy atom. The Labute approximate surface area is 160 Å². The number of carbonyl (C=O) groups excluding carboxylic acids is 2. The van der Waals surface area contributed by atoms with Gasteiger partial charge in [0.1, 0.15) is 5.75 Å². The van der Waals surface area contributed by atoms with Gasteiger partial charge in [-0.15, -0.1) is 0 Å². The van der Waals surface area contributed by atoms with Gasteiger partial charge in [-0.3, -0.25) is 4.79 Å². The molecule has 27 heavy (non-hydrogen) atoms. The third kappa shape index (κ3) is 6.66. The molecule has 1 atom stereocenters. The zero-order chi connectivity index (χ0) is 19.6. The first-order chi connectivity index (χ1) is 13.0. The highest BCUT2D eigenvalue weighted by atomic mass is 16.6. The zero-order valence-electron chi connectivity index (χ0n) is 16.0. The molecule has 0 heterocycles. The van der Waals surface area contributed by atoms with Crippen LogP contribution in [-0.4, -0.2) is 38.7 Å². The van der Waals surface area contributed by atoms with E-state index in [4.69, 9.17) is 9.47 Å². The molecule has 1 N–H and O–H groups in total. The standard InChI is InChI=1S/C21H26N2O4/c1-4-19(27-18-8-6-5-7-9-18)21(25)26-15-20(24)22-14-16-10-12-17(13-11-16)23(2)3/h5-13,19H,4,14-15H2,1-3H3,(H,22,24)/t19-/m1/s1. The van der Waals surface area contributed by atoms with Gasteiger partial charge in [0.15, 0.2) is 12.7 Å². The number of esters is 1. The summed E-state index contributed by atoms with van der Waals surface area (Å²) in [6, 6.07) is 16.9. The average Bonchev–Trinajstić information content (AvgIpc) is 2.69. The number of anilines is 1. The van der Waals surface area contributed by atoms with Gasteiger partial charge in [-0.05, 0) is 36.2 Å². The van der Waals surface area contributed by atoms with Gasteiger partial charge in [0.2, 0.25) is 0 Å². The van der Waals surface area contributed by atoms with E-state index in [1.807, 2.05) is 68.4 Å². The van der Waals surface area contributed by atoms with Crippen molar-refractivity contribution in [3.63, 3.8) is 0 Å². The number of ether oxygens (including phenoxy) is 2. The monoisotopic (exact) mass is 370 g/mol. The molecule has 0 saturated carbocycles. The number of hydrogen-bond acceptors (Lipinski definition) is 5. The Hall–Kier alpha value is -3.02. The summed E-state index contributed by atoms with van der Waals surface area (Å²) in [6.07, 6.45) is -0.285. The van der Waals surface area contributed by atoms with Crippen molar-refractivity contribution in [1.29, 1.82) is 0 Å². The molecule has 0 radical (unpaired) electrons. The van der Waals surface area contributed by atoms with E-state index in [-0.39, 0.29) is 12.5 Å². The van der Waals surface area contributed by atoms with E-state index in [2.05, 4.69) is 5.32 Å². The third-order valence-corrected chi connectivity index (χ3v) is 3.94. The van der Waals surface area contributed by atoms with Crippen molar-refractivity contribution in [3.05, 3.63) is 60.2 Å². The van der Waals surface area contributed by atoms with E-state index in [0.717, 1.165) is 11.3 Å². The Morgan fingerprint density at radius 2 is 1.70 bits per heavy atom. The van der Waals surface area contributed by atoms with Crippen molar-refractivity contribution in [3.8, 4) is 5.75 Å². The Kier molecular flexibility index (Phi) is 7.67. The number of rotatable bonds is 9. The summed E-state index contributed by atoms with van der Waals surface area (Å²) >= 11 is 0. The molecule has 0 fully saturated rings. The van der Waals surface area contributed by atoms with Crippen molar-refractivity contribution < 1.29 is 19.1 Å². The number of nitrogens with zero attached hydrogens (tertiary/aromatic N) is 1. The van der Waals surface area contributed by atoms with Gasteiger partial charge in [0, 0.05) is 26.3 Å². The molecule has 0 unspecified atom stereocenters. The first-order valence-corrected chi connectivity index (χ1v) is 8.91. The van der Waals surface area contributed by atoms with Crippen LogP contribution in [-0.2, 0) is 20.9 Å². The number of amides is 1. The Bertz CT molecular complexity index is 730. The van der Waals surface area contributed by atoms with Crippen LogP contribution in [0.4, 0.5) is 5.69 Å². The normalized spacial score (nSPS) is 11.4. The molecule has 6 nitrogen and oxygen atoms in total. The van der Waals surface area contributed by atoms with E-state index in [0.29, 0.717) is 18.7 Å². The minimum atomic E-state index is -0.737. The average molecular weight is 370 g/mol. The van der Waals surface area contributed by atoms with Crippen LogP contribution in [0, 0.1) is 0 Å². The molecule has 0 spiro atoms. The summed E-state index contributed by atoms with van der Waals surface area (Å²) in [7, 11) is 3.94. The van der Waals surface area contributed by atoms with Crippen LogP contribution >= 0.6 is 0 Å². The fourth-order valence-corrected chi connectivity index (χ4v) is 2.35. The smallest absolute Gasteiger partial charge is 0.347 e. The first-order valence-electron chi connectivity index (χ1n) is 8.91. The quantitative estimate of drug-likeness (QED) is 0.688. The zero-order valence-corrected chi connectivity index (χ0v) is 16.0. The van der Waals surface area contributed by atoms with Crippen LogP contribution in [0.25, 0.3) is 0 Å². The summed E-state index contributed by atoms with van der Waals surface area (Å²) < 4.78 is 10.7. The molecule has 1 amide bonds. The van der Waals surface area contributed by atoms with E-state index >= 15 is 0 Å². The molecule has 0 aliphatic rings. The van der Waals surface area contributed by atoms with E-state index in [1.54, 1.807) is 12.1 Å². The van der Waals surface area contributed by atoms with Gasteiger partial charge in [-0.2, -0.15) is 0 Å². The maximum absolute atomic E-state index is 12.1. The minimum absolute atomic E-state index is 0.330. The maximum Gasteiger partial charge on any atom is 0.347 e. The fourth-order valence-electron chi connectivity index (χ4n) is 2.35. The van der Waals surface area contributed by atoms with Gasteiger partial charge in [-0.1, -0.05) is 37.3 Å². The summed E-state index contributed by atoms with van der Waals surface area (Å²) in [6.45, 7) is 1.87.